The fourth-order valence-corrected chi connectivity index (χ4v) is 4.07. The third-order valence-electron chi connectivity index (χ3n) is 5.08. The summed E-state index contributed by atoms with van der Waals surface area (Å²) in [6.45, 7) is 3.44. The maximum Gasteiger partial charge on any atom is 0.119 e. The van der Waals surface area contributed by atoms with Crippen LogP contribution in [0.25, 0.3) is 10.9 Å². The number of nitrogens with zero attached hydrogens (tertiary/aromatic N) is 2. The summed E-state index contributed by atoms with van der Waals surface area (Å²) in [6.07, 6.45) is 0.475. The molecule has 2 bridgehead atoms. The highest BCUT2D eigenvalue weighted by Gasteiger charge is 2.35. The Bertz CT molecular complexity index is 709. The standard InChI is InChI=1S/C17H22N2O3/c1-22-13-2-3-15-14(6-13)17-11-4-5-18(7-11)9-16(17)19(15)8-12(21)10-20/h2-3,6,11-12,20-21H,4-5,7-10H2,1H3. The minimum atomic E-state index is -0.726. The SMILES string of the molecule is COc1ccc2c(c1)c1c(n2CC(O)CO)CN2CCC1C2. The average molecular weight is 302 g/mol. The first-order valence-electron chi connectivity index (χ1n) is 7.91. The van der Waals surface area contributed by atoms with E-state index in [1.165, 1.54) is 23.1 Å². The number of methoxy groups -OCH3 is 1. The molecule has 5 heteroatoms. The van der Waals surface area contributed by atoms with Gasteiger partial charge in [0, 0.05) is 35.6 Å². The van der Waals surface area contributed by atoms with Gasteiger partial charge in [0.05, 0.1) is 26.4 Å². The molecule has 2 aliphatic heterocycles. The van der Waals surface area contributed by atoms with E-state index in [1.807, 2.05) is 6.07 Å². The van der Waals surface area contributed by atoms with Gasteiger partial charge >= 0.3 is 0 Å². The van der Waals surface area contributed by atoms with Gasteiger partial charge in [-0.3, -0.25) is 4.90 Å². The number of benzene rings is 1. The van der Waals surface area contributed by atoms with Gasteiger partial charge in [0.15, 0.2) is 0 Å². The summed E-state index contributed by atoms with van der Waals surface area (Å²) in [5, 5.41) is 20.4. The van der Waals surface area contributed by atoms with Crippen molar-refractivity contribution in [2.45, 2.75) is 31.5 Å². The predicted octanol–water partition coefficient (Wildman–Crippen LogP) is 1.31. The highest BCUT2D eigenvalue weighted by atomic mass is 16.5. The molecular formula is C17H22N2O3. The van der Waals surface area contributed by atoms with Gasteiger partial charge in [-0.15, -0.1) is 0 Å². The zero-order valence-electron chi connectivity index (χ0n) is 12.8. The third kappa shape index (κ3) is 2.04. The monoisotopic (exact) mass is 302 g/mol. The van der Waals surface area contributed by atoms with E-state index in [2.05, 4.69) is 21.6 Å². The second kappa shape index (κ2) is 5.26. The van der Waals surface area contributed by atoms with Crippen LogP contribution in [0.1, 0.15) is 23.6 Å². The van der Waals surface area contributed by atoms with E-state index in [0.717, 1.165) is 30.9 Å². The number of aliphatic hydroxyl groups excluding tert-OH is 2. The first-order valence-corrected chi connectivity index (χ1v) is 7.91. The van der Waals surface area contributed by atoms with Crippen LogP contribution in [0.3, 0.4) is 0 Å². The summed E-state index contributed by atoms with van der Waals surface area (Å²) in [6, 6.07) is 6.15. The first-order chi connectivity index (χ1) is 10.7. The number of aliphatic hydroxyl groups is 2. The Hall–Kier alpha value is -1.56. The van der Waals surface area contributed by atoms with E-state index in [0.29, 0.717) is 12.5 Å². The molecule has 0 saturated carbocycles. The zero-order chi connectivity index (χ0) is 15.3. The van der Waals surface area contributed by atoms with Crippen LogP contribution in [0.4, 0.5) is 0 Å². The van der Waals surface area contributed by atoms with Crippen LogP contribution in [0, 0.1) is 0 Å². The molecule has 1 saturated heterocycles. The molecule has 1 aromatic heterocycles. The van der Waals surface area contributed by atoms with Crippen molar-refractivity contribution in [3.63, 3.8) is 0 Å². The fourth-order valence-electron chi connectivity index (χ4n) is 4.07. The first kappa shape index (κ1) is 14.1. The molecule has 1 aromatic carbocycles. The van der Waals surface area contributed by atoms with Crippen molar-refractivity contribution in [2.24, 2.45) is 0 Å². The lowest BCUT2D eigenvalue weighted by Gasteiger charge is -2.25. The van der Waals surface area contributed by atoms with Crippen LogP contribution >= 0.6 is 0 Å². The molecule has 0 spiro atoms. The maximum atomic E-state index is 9.93. The van der Waals surface area contributed by atoms with Crippen molar-refractivity contribution in [1.29, 1.82) is 0 Å². The van der Waals surface area contributed by atoms with E-state index in [4.69, 9.17) is 4.74 Å². The van der Waals surface area contributed by atoms with E-state index in [-0.39, 0.29) is 6.61 Å². The lowest BCUT2D eigenvalue weighted by atomic mass is 9.93. The highest BCUT2D eigenvalue weighted by Crippen LogP contribution is 2.43. The number of hydrogen-bond donors (Lipinski definition) is 2. The summed E-state index contributed by atoms with van der Waals surface area (Å²) < 4.78 is 7.59. The molecule has 2 aliphatic rings. The normalized spacial score (nSPS) is 24.5. The zero-order valence-corrected chi connectivity index (χ0v) is 12.8. The second-order valence-electron chi connectivity index (χ2n) is 6.41. The summed E-state index contributed by atoms with van der Waals surface area (Å²) >= 11 is 0. The smallest absolute Gasteiger partial charge is 0.119 e. The van der Waals surface area contributed by atoms with Gasteiger partial charge in [-0.2, -0.15) is 0 Å². The summed E-state index contributed by atoms with van der Waals surface area (Å²) in [5.74, 6) is 1.45. The van der Waals surface area contributed by atoms with E-state index >= 15 is 0 Å². The van der Waals surface area contributed by atoms with Crippen molar-refractivity contribution in [3.05, 3.63) is 29.5 Å². The van der Waals surface area contributed by atoms with Crippen LogP contribution in [0.2, 0.25) is 0 Å². The Labute approximate surface area is 129 Å². The molecule has 3 atom stereocenters. The van der Waals surface area contributed by atoms with Gasteiger partial charge in [0.25, 0.3) is 0 Å². The van der Waals surface area contributed by atoms with Gasteiger partial charge in [0.1, 0.15) is 5.75 Å². The molecule has 5 nitrogen and oxygen atoms in total. The van der Waals surface area contributed by atoms with Gasteiger partial charge in [-0.25, -0.2) is 0 Å². The van der Waals surface area contributed by atoms with Gasteiger partial charge < -0.3 is 19.5 Å². The number of fused-ring (bicyclic) bond motifs is 6. The molecule has 1 fully saturated rings. The molecule has 118 valence electrons. The molecule has 0 aliphatic carbocycles. The molecule has 2 N–H and O–H groups in total. The Kier molecular flexibility index (Phi) is 3.36. The lowest BCUT2D eigenvalue weighted by Crippen LogP contribution is -2.28. The molecule has 0 amide bonds. The van der Waals surface area contributed by atoms with Crippen LogP contribution in [0.5, 0.6) is 5.75 Å². The van der Waals surface area contributed by atoms with Crippen molar-refractivity contribution in [1.82, 2.24) is 9.47 Å². The van der Waals surface area contributed by atoms with Gasteiger partial charge in [-0.05, 0) is 36.7 Å². The van der Waals surface area contributed by atoms with Crippen LogP contribution < -0.4 is 4.74 Å². The summed E-state index contributed by atoms with van der Waals surface area (Å²) in [7, 11) is 1.69. The predicted molar refractivity (Wildman–Crippen MR) is 84.2 cm³/mol. The fraction of sp³-hybridized carbons (Fsp3) is 0.529. The Morgan fingerprint density at radius 1 is 1.41 bits per heavy atom. The lowest BCUT2D eigenvalue weighted by molar-refractivity contribution is 0.0809. The second-order valence-corrected chi connectivity index (χ2v) is 6.41. The minimum Gasteiger partial charge on any atom is -0.497 e. The van der Waals surface area contributed by atoms with Crippen molar-refractivity contribution < 1.29 is 14.9 Å². The largest absolute Gasteiger partial charge is 0.497 e. The number of aromatic nitrogens is 1. The number of hydrogen-bond acceptors (Lipinski definition) is 4. The number of rotatable bonds is 4. The Balaban J connectivity index is 1.92. The number of ether oxygens (including phenoxy) is 1. The molecular weight excluding hydrogens is 280 g/mol. The van der Waals surface area contributed by atoms with Crippen molar-refractivity contribution in [3.8, 4) is 5.75 Å². The highest BCUT2D eigenvalue weighted by molar-refractivity contribution is 5.88. The topological polar surface area (TPSA) is 57.9 Å². The van der Waals surface area contributed by atoms with Crippen LogP contribution in [-0.4, -0.2) is 52.6 Å². The van der Waals surface area contributed by atoms with Gasteiger partial charge in [-0.1, -0.05) is 0 Å². The molecule has 3 unspecified atom stereocenters. The Morgan fingerprint density at radius 3 is 3.05 bits per heavy atom. The van der Waals surface area contributed by atoms with Crippen molar-refractivity contribution in [2.75, 3.05) is 26.8 Å². The van der Waals surface area contributed by atoms with Crippen LogP contribution in [0.15, 0.2) is 18.2 Å². The Morgan fingerprint density at radius 2 is 2.27 bits per heavy atom. The maximum absolute atomic E-state index is 9.93. The molecule has 4 rings (SSSR count). The minimum absolute atomic E-state index is 0.211. The molecule has 3 heterocycles. The summed E-state index contributed by atoms with van der Waals surface area (Å²) in [5.41, 5.74) is 3.85. The van der Waals surface area contributed by atoms with E-state index in [9.17, 15) is 10.2 Å². The average Bonchev–Trinajstić information content (AvgIpc) is 3.07. The van der Waals surface area contributed by atoms with E-state index < -0.39 is 6.10 Å². The summed E-state index contributed by atoms with van der Waals surface area (Å²) in [4.78, 5) is 2.48. The van der Waals surface area contributed by atoms with Crippen molar-refractivity contribution >= 4 is 10.9 Å². The van der Waals surface area contributed by atoms with Crippen LogP contribution in [-0.2, 0) is 13.1 Å². The van der Waals surface area contributed by atoms with E-state index in [1.54, 1.807) is 7.11 Å². The van der Waals surface area contributed by atoms with Gasteiger partial charge in [0.2, 0.25) is 0 Å². The molecule has 0 radical (unpaired) electrons. The quantitative estimate of drug-likeness (QED) is 0.894. The third-order valence-corrected chi connectivity index (χ3v) is 5.08. The molecule has 22 heavy (non-hydrogen) atoms. The molecule has 2 aromatic rings.